The lowest BCUT2D eigenvalue weighted by molar-refractivity contribution is 0.145. The maximum absolute atomic E-state index is 11.9. The first-order valence-electron chi connectivity index (χ1n) is 7.96. The second-order valence-corrected chi connectivity index (χ2v) is 6.59. The lowest BCUT2D eigenvalue weighted by Crippen LogP contribution is -2.45. The second-order valence-electron chi connectivity index (χ2n) is 6.59. The van der Waals surface area contributed by atoms with Gasteiger partial charge in [-0.05, 0) is 43.9 Å². The van der Waals surface area contributed by atoms with Crippen molar-refractivity contribution in [1.29, 1.82) is 0 Å². The van der Waals surface area contributed by atoms with E-state index in [0.29, 0.717) is 12.6 Å². The summed E-state index contributed by atoms with van der Waals surface area (Å²) in [6, 6.07) is 0.523. The summed E-state index contributed by atoms with van der Waals surface area (Å²) in [5, 5.41) is 2.90. The van der Waals surface area contributed by atoms with Crippen molar-refractivity contribution < 1.29 is 4.79 Å². The number of rotatable bonds is 5. The molecule has 112 valence electrons. The van der Waals surface area contributed by atoms with E-state index in [1.807, 2.05) is 18.9 Å². The van der Waals surface area contributed by atoms with Gasteiger partial charge in [-0.15, -0.1) is 0 Å². The molecule has 3 nitrogen and oxygen atoms in total. The van der Waals surface area contributed by atoms with Gasteiger partial charge < -0.3 is 10.2 Å². The highest BCUT2D eigenvalue weighted by Crippen LogP contribution is 2.33. The fourth-order valence-corrected chi connectivity index (χ4v) is 3.07. The average Bonchev–Trinajstić information content (AvgIpc) is 2.38. The molecule has 1 rings (SSSR count). The molecule has 0 radical (unpaired) electrons. The fourth-order valence-electron chi connectivity index (χ4n) is 3.07. The van der Waals surface area contributed by atoms with E-state index in [1.165, 1.54) is 32.1 Å². The minimum absolute atomic E-state index is 0.0880. The number of hydrogen-bond acceptors (Lipinski definition) is 1. The first-order chi connectivity index (χ1) is 8.95. The second kappa shape index (κ2) is 7.76. The molecule has 1 aliphatic carbocycles. The highest BCUT2D eigenvalue weighted by Gasteiger charge is 2.28. The molecule has 0 saturated heterocycles. The Kier molecular flexibility index (Phi) is 6.67. The minimum atomic E-state index is 0.0880. The molecule has 2 amide bonds. The highest BCUT2D eigenvalue weighted by atomic mass is 16.2. The van der Waals surface area contributed by atoms with E-state index in [9.17, 15) is 4.79 Å². The Labute approximate surface area is 119 Å². The Balaban J connectivity index is 2.47. The third-order valence-corrected chi connectivity index (χ3v) is 4.79. The molecule has 0 spiro atoms. The Morgan fingerprint density at radius 2 is 2.00 bits per heavy atom. The van der Waals surface area contributed by atoms with E-state index < -0.39 is 0 Å². The van der Waals surface area contributed by atoms with Crippen molar-refractivity contribution in [2.45, 2.75) is 65.8 Å². The first kappa shape index (κ1) is 16.3. The van der Waals surface area contributed by atoms with Gasteiger partial charge in [-0.2, -0.15) is 0 Å². The maximum atomic E-state index is 11.9. The van der Waals surface area contributed by atoms with Gasteiger partial charge in [-0.1, -0.05) is 33.6 Å². The predicted octanol–water partition coefficient (Wildman–Crippen LogP) is 3.89. The number of amides is 2. The van der Waals surface area contributed by atoms with Crippen LogP contribution in [0.4, 0.5) is 4.79 Å². The monoisotopic (exact) mass is 268 g/mol. The largest absolute Gasteiger partial charge is 0.338 e. The zero-order chi connectivity index (χ0) is 14.4. The van der Waals surface area contributed by atoms with Gasteiger partial charge in [0.2, 0.25) is 0 Å². The summed E-state index contributed by atoms with van der Waals surface area (Å²) >= 11 is 0. The Morgan fingerprint density at radius 3 is 2.58 bits per heavy atom. The van der Waals surface area contributed by atoms with Crippen LogP contribution in [0, 0.1) is 17.8 Å². The van der Waals surface area contributed by atoms with E-state index in [4.69, 9.17) is 0 Å². The molecule has 0 bridgehead atoms. The van der Waals surface area contributed by atoms with Crippen molar-refractivity contribution in [3.05, 3.63) is 0 Å². The summed E-state index contributed by atoms with van der Waals surface area (Å²) < 4.78 is 0. The van der Waals surface area contributed by atoms with Crippen molar-refractivity contribution in [3.63, 3.8) is 0 Å². The first-order valence-corrected chi connectivity index (χ1v) is 7.96. The summed E-state index contributed by atoms with van der Waals surface area (Å²) in [4.78, 5) is 13.8. The summed E-state index contributed by atoms with van der Waals surface area (Å²) in [5.41, 5.74) is 0. The van der Waals surface area contributed by atoms with E-state index >= 15 is 0 Å². The van der Waals surface area contributed by atoms with Gasteiger partial charge in [0.1, 0.15) is 0 Å². The number of hydrogen-bond donors (Lipinski definition) is 1. The average molecular weight is 268 g/mol. The van der Waals surface area contributed by atoms with Gasteiger partial charge in [-0.25, -0.2) is 4.79 Å². The quantitative estimate of drug-likeness (QED) is 0.806. The summed E-state index contributed by atoms with van der Waals surface area (Å²) in [6.07, 6.45) is 6.28. The number of carbonyl (C=O) groups excluding carboxylic acids is 1. The maximum Gasteiger partial charge on any atom is 0.317 e. The zero-order valence-corrected chi connectivity index (χ0v) is 13.4. The van der Waals surface area contributed by atoms with Crippen LogP contribution in [0.5, 0.6) is 0 Å². The number of urea groups is 1. The lowest BCUT2D eigenvalue weighted by Gasteiger charge is -2.36. The topological polar surface area (TPSA) is 32.3 Å². The SMILES string of the molecule is CCNC(=O)N(C)C1CCCC(CC(C)C(C)C)C1. The molecule has 3 heteroatoms. The molecular weight excluding hydrogens is 236 g/mol. The standard InChI is InChI=1S/C16H32N2O/c1-6-17-16(19)18(5)15-9-7-8-14(11-15)10-13(4)12(2)3/h12-15H,6-11H2,1-5H3,(H,17,19). The molecular formula is C16H32N2O. The smallest absolute Gasteiger partial charge is 0.317 e. The molecule has 0 aromatic rings. The molecule has 1 N–H and O–H groups in total. The molecule has 1 saturated carbocycles. The van der Waals surface area contributed by atoms with Crippen molar-refractivity contribution >= 4 is 6.03 Å². The van der Waals surface area contributed by atoms with Crippen LogP contribution >= 0.6 is 0 Å². The van der Waals surface area contributed by atoms with Gasteiger partial charge in [0.15, 0.2) is 0 Å². The Hall–Kier alpha value is -0.730. The molecule has 3 unspecified atom stereocenters. The Bertz CT molecular complexity index is 278. The molecule has 3 atom stereocenters. The molecule has 19 heavy (non-hydrogen) atoms. The Morgan fingerprint density at radius 1 is 1.32 bits per heavy atom. The van der Waals surface area contributed by atoms with Gasteiger partial charge in [-0.3, -0.25) is 0 Å². The van der Waals surface area contributed by atoms with Crippen LogP contribution in [-0.2, 0) is 0 Å². The van der Waals surface area contributed by atoms with E-state index in [-0.39, 0.29) is 6.03 Å². The molecule has 0 heterocycles. The predicted molar refractivity (Wildman–Crippen MR) is 81.2 cm³/mol. The van der Waals surface area contributed by atoms with Crippen LogP contribution in [0.1, 0.15) is 59.8 Å². The van der Waals surface area contributed by atoms with Crippen molar-refractivity contribution in [2.75, 3.05) is 13.6 Å². The minimum Gasteiger partial charge on any atom is -0.338 e. The molecule has 0 aliphatic heterocycles. The number of nitrogens with one attached hydrogen (secondary N) is 1. The summed E-state index contributed by atoms with van der Waals surface area (Å²) in [7, 11) is 1.95. The van der Waals surface area contributed by atoms with Gasteiger partial charge in [0.05, 0.1) is 0 Å². The fraction of sp³-hybridized carbons (Fsp3) is 0.938. The van der Waals surface area contributed by atoms with Crippen LogP contribution in [0.2, 0.25) is 0 Å². The lowest BCUT2D eigenvalue weighted by atomic mass is 9.78. The molecule has 0 aromatic heterocycles. The highest BCUT2D eigenvalue weighted by molar-refractivity contribution is 5.74. The molecule has 1 fully saturated rings. The number of nitrogens with zero attached hydrogens (tertiary/aromatic N) is 1. The van der Waals surface area contributed by atoms with Gasteiger partial charge >= 0.3 is 6.03 Å². The van der Waals surface area contributed by atoms with Crippen LogP contribution in [0.25, 0.3) is 0 Å². The zero-order valence-electron chi connectivity index (χ0n) is 13.4. The number of carbonyl (C=O) groups is 1. The molecule has 1 aliphatic rings. The van der Waals surface area contributed by atoms with Crippen molar-refractivity contribution in [1.82, 2.24) is 10.2 Å². The summed E-state index contributed by atoms with van der Waals surface area (Å²) in [5.74, 6) is 2.35. The van der Waals surface area contributed by atoms with E-state index in [0.717, 1.165) is 17.8 Å². The van der Waals surface area contributed by atoms with Crippen molar-refractivity contribution in [3.8, 4) is 0 Å². The molecule has 0 aromatic carbocycles. The third-order valence-electron chi connectivity index (χ3n) is 4.79. The van der Waals surface area contributed by atoms with E-state index in [2.05, 4.69) is 26.1 Å². The van der Waals surface area contributed by atoms with E-state index in [1.54, 1.807) is 0 Å². The summed E-state index contributed by atoms with van der Waals surface area (Å²) in [6.45, 7) is 9.67. The van der Waals surface area contributed by atoms with Crippen LogP contribution in [0.3, 0.4) is 0 Å². The third kappa shape index (κ3) is 5.04. The van der Waals surface area contributed by atoms with Crippen LogP contribution in [-0.4, -0.2) is 30.6 Å². The normalized spacial score (nSPS) is 25.2. The van der Waals surface area contributed by atoms with Crippen molar-refractivity contribution in [2.24, 2.45) is 17.8 Å². The van der Waals surface area contributed by atoms with Gasteiger partial charge in [0, 0.05) is 19.6 Å². The van der Waals surface area contributed by atoms with Crippen LogP contribution < -0.4 is 5.32 Å². The van der Waals surface area contributed by atoms with Crippen LogP contribution in [0.15, 0.2) is 0 Å². The van der Waals surface area contributed by atoms with Gasteiger partial charge in [0.25, 0.3) is 0 Å².